The number of anilines is 1. The molecule has 0 aliphatic carbocycles. The van der Waals surface area contributed by atoms with Crippen molar-refractivity contribution < 1.29 is 4.79 Å². The number of fused-ring (bicyclic) bond motifs is 1. The minimum atomic E-state index is -0.0773. The van der Waals surface area contributed by atoms with Crippen molar-refractivity contribution in [2.45, 2.75) is 38.8 Å². The van der Waals surface area contributed by atoms with Crippen molar-refractivity contribution in [2.24, 2.45) is 0 Å². The monoisotopic (exact) mass is 415 g/mol. The van der Waals surface area contributed by atoms with Crippen molar-refractivity contribution in [1.82, 2.24) is 10.2 Å². The molecule has 3 aromatic carbocycles. The van der Waals surface area contributed by atoms with E-state index in [1.165, 1.54) is 30.2 Å². The van der Waals surface area contributed by atoms with Gasteiger partial charge in [0.2, 0.25) is 0 Å². The molecule has 31 heavy (non-hydrogen) atoms. The summed E-state index contributed by atoms with van der Waals surface area (Å²) in [7, 11) is 4.32. The number of benzene rings is 3. The smallest absolute Gasteiger partial charge is 0.252 e. The number of likely N-dealkylation sites (tertiary alicyclic amines) is 1. The van der Waals surface area contributed by atoms with Crippen molar-refractivity contribution in [3.8, 4) is 0 Å². The Morgan fingerprint density at radius 1 is 1.16 bits per heavy atom. The summed E-state index contributed by atoms with van der Waals surface area (Å²) in [6.45, 7) is 6.21. The molecule has 0 spiro atoms. The average Bonchev–Trinajstić information content (AvgIpc) is 3.17. The SMILES string of the molecule is Cc1ccc(N(C)C[C@@H]2CCCN2C)cc1C(=O)N[C@H](C)c1cccc2ccccc12. The van der Waals surface area contributed by atoms with Crippen molar-refractivity contribution in [1.29, 1.82) is 0 Å². The Bertz CT molecular complexity index is 1070. The van der Waals surface area contributed by atoms with E-state index in [4.69, 9.17) is 0 Å². The lowest BCUT2D eigenvalue weighted by atomic mass is 9.99. The lowest BCUT2D eigenvalue weighted by Gasteiger charge is -2.28. The maximum atomic E-state index is 13.2. The number of amides is 1. The van der Waals surface area contributed by atoms with E-state index in [1.54, 1.807) is 0 Å². The molecular formula is C27H33N3O. The molecule has 1 heterocycles. The molecule has 1 N–H and O–H groups in total. The summed E-state index contributed by atoms with van der Waals surface area (Å²) in [4.78, 5) is 17.9. The third kappa shape index (κ3) is 4.59. The van der Waals surface area contributed by atoms with Gasteiger partial charge < -0.3 is 15.1 Å². The number of likely N-dealkylation sites (N-methyl/N-ethyl adjacent to an activating group) is 2. The van der Waals surface area contributed by atoms with Gasteiger partial charge in [0, 0.05) is 30.9 Å². The molecule has 4 rings (SSSR count). The summed E-state index contributed by atoms with van der Waals surface area (Å²) < 4.78 is 0. The van der Waals surface area contributed by atoms with Gasteiger partial charge in [0.1, 0.15) is 0 Å². The molecule has 2 atom stereocenters. The normalized spacial score (nSPS) is 17.6. The first kappa shape index (κ1) is 21.4. The molecule has 0 radical (unpaired) electrons. The molecule has 162 valence electrons. The Hall–Kier alpha value is -2.85. The van der Waals surface area contributed by atoms with Crippen LogP contribution in [0.15, 0.2) is 60.7 Å². The highest BCUT2D eigenvalue weighted by Gasteiger charge is 2.23. The highest BCUT2D eigenvalue weighted by atomic mass is 16.1. The second kappa shape index (κ2) is 9.11. The van der Waals surface area contributed by atoms with Gasteiger partial charge in [-0.25, -0.2) is 0 Å². The van der Waals surface area contributed by atoms with E-state index >= 15 is 0 Å². The first-order valence-corrected chi connectivity index (χ1v) is 11.2. The number of aryl methyl sites for hydroxylation is 1. The van der Waals surface area contributed by atoms with E-state index in [1.807, 2.05) is 25.1 Å². The van der Waals surface area contributed by atoms with Crippen molar-refractivity contribution >= 4 is 22.4 Å². The summed E-state index contributed by atoms with van der Waals surface area (Å²) in [5, 5.41) is 5.60. The zero-order valence-electron chi connectivity index (χ0n) is 19.1. The Morgan fingerprint density at radius 3 is 2.71 bits per heavy atom. The van der Waals surface area contributed by atoms with E-state index in [0.717, 1.165) is 28.9 Å². The third-order valence-corrected chi connectivity index (χ3v) is 6.70. The average molecular weight is 416 g/mol. The molecule has 4 heteroatoms. The molecule has 1 fully saturated rings. The Balaban J connectivity index is 1.52. The van der Waals surface area contributed by atoms with Gasteiger partial charge in [-0.15, -0.1) is 0 Å². The van der Waals surface area contributed by atoms with Crippen LogP contribution >= 0.6 is 0 Å². The van der Waals surface area contributed by atoms with Crippen LogP contribution in [-0.2, 0) is 0 Å². The van der Waals surface area contributed by atoms with E-state index in [-0.39, 0.29) is 11.9 Å². The lowest BCUT2D eigenvalue weighted by Crippen LogP contribution is -2.36. The fourth-order valence-corrected chi connectivity index (χ4v) is 4.70. The van der Waals surface area contributed by atoms with Gasteiger partial charge in [0.15, 0.2) is 0 Å². The largest absolute Gasteiger partial charge is 0.373 e. The Labute approximate surface area is 185 Å². The van der Waals surface area contributed by atoms with Gasteiger partial charge in [0.05, 0.1) is 6.04 Å². The van der Waals surface area contributed by atoms with Crippen LogP contribution in [0.2, 0.25) is 0 Å². The Kier molecular flexibility index (Phi) is 6.28. The van der Waals surface area contributed by atoms with Crippen LogP contribution in [0.5, 0.6) is 0 Å². The highest BCUT2D eigenvalue weighted by Crippen LogP contribution is 2.26. The summed E-state index contributed by atoms with van der Waals surface area (Å²) >= 11 is 0. The second-order valence-corrected chi connectivity index (χ2v) is 8.92. The predicted octanol–water partition coefficient (Wildman–Crippen LogP) is 5.17. The van der Waals surface area contributed by atoms with Crippen LogP contribution in [0.4, 0.5) is 5.69 Å². The van der Waals surface area contributed by atoms with Crippen LogP contribution < -0.4 is 10.2 Å². The molecule has 0 saturated carbocycles. The molecule has 0 bridgehead atoms. The number of hydrogen-bond donors (Lipinski definition) is 1. The maximum Gasteiger partial charge on any atom is 0.252 e. The van der Waals surface area contributed by atoms with E-state index in [9.17, 15) is 4.79 Å². The first-order valence-electron chi connectivity index (χ1n) is 11.2. The zero-order chi connectivity index (χ0) is 22.0. The molecule has 1 amide bonds. The molecule has 4 nitrogen and oxygen atoms in total. The molecule has 3 aromatic rings. The van der Waals surface area contributed by atoms with Gasteiger partial charge in [-0.2, -0.15) is 0 Å². The number of nitrogens with one attached hydrogen (secondary N) is 1. The number of nitrogens with zero attached hydrogens (tertiary/aromatic N) is 2. The minimum Gasteiger partial charge on any atom is -0.373 e. The lowest BCUT2D eigenvalue weighted by molar-refractivity contribution is 0.0939. The van der Waals surface area contributed by atoms with E-state index in [2.05, 4.69) is 78.6 Å². The van der Waals surface area contributed by atoms with Crippen molar-refractivity contribution in [2.75, 3.05) is 32.1 Å². The van der Waals surface area contributed by atoms with Crippen LogP contribution in [0.25, 0.3) is 10.8 Å². The number of hydrogen-bond acceptors (Lipinski definition) is 3. The highest BCUT2D eigenvalue weighted by molar-refractivity contribution is 5.97. The fourth-order valence-electron chi connectivity index (χ4n) is 4.70. The van der Waals surface area contributed by atoms with Crippen LogP contribution in [0.1, 0.15) is 47.3 Å². The predicted molar refractivity (Wildman–Crippen MR) is 130 cm³/mol. The second-order valence-electron chi connectivity index (χ2n) is 8.92. The summed E-state index contributed by atoms with van der Waals surface area (Å²) in [6, 6.07) is 21.3. The van der Waals surface area contributed by atoms with Crippen LogP contribution in [-0.4, -0.2) is 44.0 Å². The molecule has 1 aliphatic heterocycles. The van der Waals surface area contributed by atoms with E-state index in [0.29, 0.717) is 6.04 Å². The number of carbonyl (C=O) groups is 1. The molecule has 0 unspecified atom stereocenters. The van der Waals surface area contributed by atoms with Gasteiger partial charge in [-0.05, 0) is 74.3 Å². The van der Waals surface area contributed by atoms with Crippen molar-refractivity contribution in [3.05, 3.63) is 77.4 Å². The van der Waals surface area contributed by atoms with Crippen LogP contribution in [0, 0.1) is 6.92 Å². The first-order chi connectivity index (χ1) is 14.9. The number of carbonyl (C=O) groups excluding carboxylic acids is 1. The standard InChI is InChI=1S/C27H33N3O/c1-19-14-15-22(30(4)18-23-11-8-16-29(23)3)17-26(19)27(31)28-20(2)24-13-7-10-21-9-5-6-12-25(21)24/h5-7,9-10,12-15,17,20,23H,8,11,16,18H2,1-4H3,(H,28,31)/t20-,23+/m1/s1. The number of rotatable bonds is 6. The summed E-state index contributed by atoms with van der Waals surface area (Å²) in [6.07, 6.45) is 2.51. The van der Waals surface area contributed by atoms with Gasteiger partial charge in [-0.3, -0.25) is 4.79 Å². The maximum absolute atomic E-state index is 13.2. The minimum absolute atomic E-state index is 0.0221. The topological polar surface area (TPSA) is 35.6 Å². The van der Waals surface area contributed by atoms with Crippen LogP contribution in [0.3, 0.4) is 0 Å². The van der Waals surface area contributed by atoms with Crippen molar-refractivity contribution in [3.63, 3.8) is 0 Å². The summed E-state index contributed by atoms with van der Waals surface area (Å²) in [5.74, 6) is -0.0221. The van der Waals surface area contributed by atoms with E-state index < -0.39 is 0 Å². The fraction of sp³-hybridized carbons (Fsp3) is 0.370. The molecular weight excluding hydrogens is 382 g/mol. The van der Waals surface area contributed by atoms with Gasteiger partial charge >= 0.3 is 0 Å². The molecule has 1 aliphatic rings. The zero-order valence-corrected chi connectivity index (χ0v) is 19.1. The molecule has 1 saturated heterocycles. The molecule has 0 aromatic heterocycles. The Morgan fingerprint density at radius 2 is 1.94 bits per heavy atom. The van der Waals surface area contributed by atoms with Gasteiger partial charge in [-0.1, -0.05) is 48.5 Å². The van der Waals surface area contributed by atoms with Gasteiger partial charge in [0.25, 0.3) is 5.91 Å². The summed E-state index contributed by atoms with van der Waals surface area (Å²) in [5.41, 5.74) is 3.98. The quantitative estimate of drug-likeness (QED) is 0.603. The third-order valence-electron chi connectivity index (χ3n) is 6.70.